The molecule has 1 fully saturated rings. The Bertz CT molecular complexity index is 1070. The van der Waals surface area contributed by atoms with E-state index in [9.17, 15) is 4.79 Å². The Kier molecular flexibility index (Phi) is 5.73. The van der Waals surface area contributed by atoms with Crippen LogP contribution in [0.1, 0.15) is 75.9 Å². The van der Waals surface area contributed by atoms with Gasteiger partial charge in [0.05, 0.1) is 11.1 Å². The number of likely N-dealkylation sites (tertiary alicyclic amines) is 1. The number of aryl methyl sites for hydroxylation is 1. The Balaban J connectivity index is 1.91. The smallest absolute Gasteiger partial charge is 0.253 e. The van der Waals surface area contributed by atoms with Crippen LogP contribution >= 0.6 is 0 Å². The van der Waals surface area contributed by atoms with E-state index in [-0.39, 0.29) is 17.1 Å². The molecule has 7 heteroatoms. The summed E-state index contributed by atoms with van der Waals surface area (Å²) >= 11 is 0. The molecule has 160 valence electrons. The molecule has 1 N–H and O–H groups in total. The molecule has 1 aromatic carbocycles. The quantitative estimate of drug-likeness (QED) is 0.692. The third-order valence-corrected chi connectivity index (χ3v) is 6.59. The van der Waals surface area contributed by atoms with E-state index in [0.717, 1.165) is 60.2 Å². The van der Waals surface area contributed by atoms with Crippen LogP contribution in [0.2, 0.25) is 0 Å². The first-order chi connectivity index (χ1) is 14.4. The highest BCUT2D eigenvalue weighted by atomic mass is 16.1. The fourth-order valence-corrected chi connectivity index (χ4v) is 4.40. The first kappa shape index (κ1) is 20.7. The van der Waals surface area contributed by atoms with E-state index in [2.05, 4.69) is 52.2 Å². The lowest BCUT2D eigenvalue weighted by atomic mass is 9.98. The molecule has 30 heavy (non-hydrogen) atoms. The highest BCUT2D eigenvalue weighted by Crippen LogP contribution is 2.32. The summed E-state index contributed by atoms with van der Waals surface area (Å²) in [5.41, 5.74) is 2.39. The predicted octanol–water partition coefficient (Wildman–Crippen LogP) is 3.93. The van der Waals surface area contributed by atoms with Crippen LogP contribution < -0.4 is 5.56 Å². The van der Waals surface area contributed by atoms with Gasteiger partial charge >= 0.3 is 0 Å². The maximum absolute atomic E-state index is 13.3. The maximum Gasteiger partial charge on any atom is 0.253 e. The van der Waals surface area contributed by atoms with Crippen molar-refractivity contribution in [2.75, 3.05) is 13.1 Å². The van der Waals surface area contributed by atoms with E-state index in [1.54, 1.807) is 0 Å². The van der Waals surface area contributed by atoms with Gasteiger partial charge < -0.3 is 4.98 Å². The van der Waals surface area contributed by atoms with Crippen molar-refractivity contribution in [1.29, 1.82) is 0 Å². The number of nitrogens with one attached hydrogen (secondary N) is 1. The van der Waals surface area contributed by atoms with Gasteiger partial charge in [-0.2, -0.15) is 0 Å². The van der Waals surface area contributed by atoms with Crippen LogP contribution in [0.15, 0.2) is 29.1 Å². The lowest BCUT2D eigenvalue weighted by Gasteiger charge is -2.32. The Labute approximate surface area is 177 Å². The second kappa shape index (κ2) is 8.30. The van der Waals surface area contributed by atoms with Crippen LogP contribution in [-0.2, 0) is 5.54 Å². The van der Waals surface area contributed by atoms with E-state index in [1.165, 1.54) is 12.8 Å². The van der Waals surface area contributed by atoms with Crippen molar-refractivity contribution in [3.8, 4) is 0 Å². The molecule has 0 spiro atoms. The Morgan fingerprint density at radius 2 is 1.90 bits per heavy atom. The zero-order chi connectivity index (χ0) is 21.3. The molecular weight excluding hydrogens is 376 g/mol. The Morgan fingerprint density at radius 3 is 2.60 bits per heavy atom. The number of benzene rings is 1. The normalized spacial score (nSPS) is 17.2. The SMILES string of the molecule is CCC(C)(C)n1nnnc1[C@@H](c1cc2cccc(C)c2[nH]c1=O)N1CCCCCC1. The number of aromatic nitrogens is 5. The molecule has 1 atom stereocenters. The summed E-state index contributed by atoms with van der Waals surface area (Å²) in [5, 5.41) is 13.9. The number of fused-ring (bicyclic) bond motifs is 1. The molecule has 4 rings (SSSR count). The number of para-hydroxylation sites is 1. The first-order valence-electron chi connectivity index (χ1n) is 11.1. The molecule has 2 aromatic heterocycles. The van der Waals surface area contributed by atoms with E-state index in [0.29, 0.717) is 0 Å². The number of hydrogen-bond acceptors (Lipinski definition) is 5. The fraction of sp³-hybridized carbons (Fsp3) is 0.565. The third-order valence-electron chi connectivity index (χ3n) is 6.59. The molecule has 7 nitrogen and oxygen atoms in total. The number of H-pyrrole nitrogens is 1. The molecule has 3 heterocycles. The molecule has 0 radical (unpaired) electrons. The second-order valence-corrected chi connectivity index (χ2v) is 9.06. The van der Waals surface area contributed by atoms with Gasteiger partial charge in [-0.15, -0.1) is 5.10 Å². The van der Waals surface area contributed by atoms with Gasteiger partial charge in [-0.05, 0) is 80.6 Å². The fourth-order valence-electron chi connectivity index (χ4n) is 4.40. The topological polar surface area (TPSA) is 79.7 Å². The summed E-state index contributed by atoms with van der Waals surface area (Å²) in [6.45, 7) is 10.3. The monoisotopic (exact) mass is 408 g/mol. The summed E-state index contributed by atoms with van der Waals surface area (Å²) in [4.78, 5) is 18.9. The van der Waals surface area contributed by atoms with Crippen molar-refractivity contribution in [3.05, 3.63) is 51.6 Å². The molecule has 1 aliphatic heterocycles. The van der Waals surface area contributed by atoms with Crippen molar-refractivity contribution in [1.82, 2.24) is 30.1 Å². The third kappa shape index (κ3) is 3.78. The van der Waals surface area contributed by atoms with Gasteiger partial charge in [0.25, 0.3) is 5.56 Å². The van der Waals surface area contributed by atoms with Gasteiger partial charge in [0, 0.05) is 5.56 Å². The molecule has 0 saturated carbocycles. The van der Waals surface area contributed by atoms with E-state index in [1.807, 2.05) is 29.8 Å². The largest absolute Gasteiger partial charge is 0.321 e. The van der Waals surface area contributed by atoms with Crippen LogP contribution in [0.4, 0.5) is 0 Å². The molecule has 0 amide bonds. The van der Waals surface area contributed by atoms with Crippen LogP contribution in [-0.4, -0.2) is 43.2 Å². The van der Waals surface area contributed by atoms with Crippen molar-refractivity contribution < 1.29 is 0 Å². The Hall–Kier alpha value is -2.54. The van der Waals surface area contributed by atoms with Gasteiger partial charge in [-0.3, -0.25) is 9.69 Å². The zero-order valence-corrected chi connectivity index (χ0v) is 18.5. The average molecular weight is 409 g/mol. The summed E-state index contributed by atoms with van der Waals surface area (Å²) in [6, 6.07) is 7.88. The van der Waals surface area contributed by atoms with Gasteiger partial charge in [-0.1, -0.05) is 38.0 Å². The predicted molar refractivity (Wildman–Crippen MR) is 119 cm³/mol. The van der Waals surface area contributed by atoms with Gasteiger partial charge in [-0.25, -0.2) is 4.68 Å². The maximum atomic E-state index is 13.3. The number of tetrazole rings is 1. The number of hydrogen-bond donors (Lipinski definition) is 1. The molecule has 0 bridgehead atoms. The van der Waals surface area contributed by atoms with Crippen molar-refractivity contribution >= 4 is 10.9 Å². The highest BCUT2D eigenvalue weighted by molar-refractivity contribution is 5.82. The molecular formula is C23H32N6O. The van der Waals surface area contributed by atoms with Gasteiger partial charge in [0.2, 0.25) is 0 Å². The molecule has 3 aromatic rings. The number of aromatic amines is 1. The summed E-state index contributed by atoms with van der Waals surface area (Å²) < 4.78 is 1.92. The summed E-state index contributed by atoms with van der Waals surface area (Å²) in [6.07, 6.45) is 5.59. The summed E-state index contributed by atoms with van der Waals surface area (Å²) in [7, 11) is 0. The number of rotatable bonds is 5. The first-order valence-corrected chi connectivity index (χ1v) is 11.1. The molecule has 0 aliphatic carbocycles. The molecule has 1 aliphatic rings. The van der Waals surface area contributed by atoms with Crippen LogP contribution in [0.3, 0.4) is 0 Å². The van der Waals surface area contributed by atoms with Crippen molar-refractivity contribution in [3.63, 3.8) is 0 Å². The van der Waals surface area contributed by atoms with E-state index < -0.39 is 0 Å². The van der Waals surface area contributed by atoms with E-state index in [4.69, 9.17) is 0 Å². The number of pyridine rings is 1. The zero-order valence-electron chi connectivity index (χ0n) is 18.5. The van der Waals surface area contributed by atoms with Crippen molar-refractivity contribution in [2.45, 2.75) is 71.4 Å². The lowest BCUT2D eigenvalue weighted by Crippen LogP contribution is -2.38. The second-order valence-electron chi connectivity index (χ2n) is 9.06. The molecule has 1 saturated heterocycles. The van der Waals surface area contributed by atoms with Gasteiger partial charge in [0.1, 0.15) is 6.04 Å². The van der Waals surface area contributed by atoms with Crippen molar-refractivity contribution in [2.24, 2.45) is 0 Å². The standard InChI is InChI=1S/C23H32N6O/c1-5-23(3,4)29-21(25-26-27-29)20(28-13-8-6-7-9-14-28)18-15-17-12-10-11-16(2)19(17)24-22(18)30/h10-12,15,20H,5-9,13-14H2,1-4H3,(H,24,30)/t20-/m1/s1. The number of nitrogens with zero attached hydrogens (tertiary/aromatic N) is 5. The minimum Gasteiger partial charge on any atom is -0.321 e. The van der Waals surface area contributed by atoms with Crippen LogP contribution in [0, 0.1) is 6.92 Å². The van der Waals surface area contributed by atoms with Crippen LogP contribution in [0.25, 0.3) is 10.9 Å². The Morgan fingerprint density at radius 1 is 1.17 bits per heavy atom. The lowest BCUT2D eigenvalue weighted by molar-refractivity contribution is 0.202. The van der Waals surface area contributed by atoms with Gasteiger partial charge in [0.15, 0.2) is 5.82 Å². The molecule has 0 unspecified atom stereocenters. The summed E-state index contributed by atoms with van der Waals surface area (Å²) in [5.74, 6) is 0.751. The van der Waals surface area contributed by atoms with Crippen LogP contribution in [0.5, 0.6) is 0 Å². The highest BCUT2D eigenvalue weighted by Gasteiger charge is 2.34. The minimum atomic E-state index is -0.266. The van der Waals surface area contributed by atoms with E-state index >= 15 is 0 Å². The minimum absolute atomic E-state index is 0.0603. The average Bonchev–Trinajstić information content (AvgIpc) is 3.06.